The van der Waals surface area contributed by atoms with Gasteiger partial charge in [-0.3, -0.25) is 4.79 Å². The molecule has 4 heteroatoms. The van der Waals surface area contributed by atoms with Crippen LogP contribution in [0.4, 0.5) is 11.4 Å². The van der Waals surface area contributed by atoms with Gasteiger partial charge in [0.25, 0.3) is 0 Å². The van der Waals surface area contributed by atoms with E-state index in [4.69, 9.17) is 4.74 Å². The van der Waals surface area contributed by atoms with Crippen LogP contribution in [-0.2, 0) is 9.53 Å². The summed E-state index contributed by atoms with van der Waals surface area (Å²) >= 11 is 0. The Hall–Kier alpha value is -1.55. The average Bonchev–Trinajstić information content (AvgIpc) is 2.57. The lowest BCUT2D eigenvalue weighted by atomic mass is 9.95. The lowest BCUT2D eigenvalue weighted by Crippen LogP contribution is -2.22. The zero-order valence-electron chi connectivity index (χ0n) is 14.7. The number of benzene rings is 1. The summed E-state index contributed by atoms with van der Waals surface area (Å²) in [6, 6.07) is 6.27. The molecule has 1 saturated heterocycles. The fraction of sp³-hybridized carbons (Fsp3) is 0.632. The Morgan fingerprint density at radius 1 is 1.26 bits per heavy atom. The molecule has 1 aliphatic heterocycles. The molecule has 0 saturated carbocycles. The van der Waals surface area contributed by atoms with E-state index >= 15 is 0 Å². The van der Waals surface area contributed by atoms with Gasteiger partial charge in [0.05, 0.1) is 0 Å². The molecule has 0 aliphatic carbocycles. The van der Waals surface area contributed by atoms with Gasteiger partial charge in [0.15, 0.2) is 0 Å². The third-order valence-corrected chi connectivity index (χ3v) is 4.73. The number of nitrogens with zero attached hydrogens (tertiary/aromatic N) is 1. The van der Waals surface area contributed by atoms with Gasteiger partial charge in [-0.25, -0.2) is 0 Å². The Bertz CT molecular complexity index is 506. The van der Waals surface area contributed by atoms with Crippen LogP contribution in [0, 0.1) is 12.8 Å². The van der Waals surface area contributed by atoms with Crippen LogP contribution in [0.2, 0.25) is 0 Å². The topological polar surface area (TPSA) is 41.6 Å². The molecule has 23 heavy (non-hydrogen) atoms. The van der Waals surface area contributed by atoms with E-state index in [1.807, 2.05) is 6.07 Å². The number of hydrogen-bond acceptors (Lipinski definition) is 3. The van der Waals surface area contributed by atoms with Crippen molar-refractivity contribution in [2.45, 2.75) is 46.5 Å². The number of carbonyl (C=O) groups excluding carboxylic acids is 1. The molecule has 0 radical (unpaired) electrons. The zero-order chi connectivity index (χ0) is 16.7. The predicted octanol–water partition coefficient (Wildman–Crippen LogP) is 3.99. The Kier molecular flexibility index (Phi) is 6.90. The average molecular weight is 318 g/mol. The van der Waals surface area contributed by atoms with Gasteiger partial charge in [0.1, 0.15) is 0 Å². The van der Waals surface area contributed by atoms with E-state index in [1.54, 1.807) is 0 Å². The van der Waals surface area contributed by atoms with Crippen molar-refractivity contribution < 1.29 is 9.53 Å². The number of rotatable bonds is 7. The fourth-order valence-corrected chi connectivity index (χ4v) is 3.16. The van der Waals surface area contributed by atoms with Crippen LogP contribution in [0.3, 0.4) is 0 Å². The van der Waals surface area contributed by atoms with Crippen molar-refractivity contribution in [2.75, 3.05) is 36.5 Å². The molecule has 1 aliphatic rings. The van der Waals surface area contributed by atoms with Gasteiger partial charge in [-0.2, -0.15) is 0 Å². The normalized spacial score (nSPS) is 15.4. The number of aryl methyl sites for hydroxylation is 1. The van der Waals surface area contributed by atoms with Gasteiger partial charge < -0.3 is 15.0 Å². The molecular formula is C19H30N2O2. The second kappa shape index (κ2) is 8.92. The molecule has 1 N–H and O–H groups in total. The molecular weight excluding hydrogens is 288 g/mol. The maximum atomic E-state index is 12.2. The molecule has 0 atom stereocenters. The molecule has 1 aromatic rings. The summed E-state index contributed by atoms with van der Waals surface area (Å²) in [6.45, 7) is 10.0. The fourth-order valence-electron chi connectivity index (χ4n) is 3.16. The van der Waals surface area contributed by atoms with Crippen molar-refractivity contribution in [3.05, 3.63) is 23.8 Å². The SMILES string of the molecule is CCN(CC)c1ccc(NC(=O)CCC2CCOCC2)c(C)c1. The summed E-state index contributed by atoms with van der Waals surface area (Å²) in [6.07, 6.45) is 3.74. The van der Waals surface area contributed by atoms with E-state index in [-0.39, 0.29) is 5.91 Å². The van der Waals surface area contributed by atoms with E-state index in [0.717, 1.165) is 56.8 Å². The Morgan fingerprint density at radius 2 is 1.96 bits per heavy atom. The number of hydrogen-bond donors (Lipinski definition) is 1. The van der Waals surface area contributed by atoms with Crippen molar-refractivity contribution in [1.82, 2.24) is 0 Å². The second-order valence-corrected chi connectivity index (χ2v) is 6.31. The van der Waals surface area contributed by atoms with Gasteiger partial charge in [0, 0.05) is 44.1 Å². The molecule has 4 nitrogen and oxygen atoms in total. The number of nitrogens with one attached hydrogen (secondary N) is 1. The van der Waals surface area contributed by atoms with Crippen LogP contribution in [0.5, 0.6) is 0 Å². The van der Waals surface area contributed by atoms with E-state index in [0.29, 0.717) is 12.3 Å². The van der Waals surface area contributed by atoms with Gasteiger partial charge in [-0.1, -0.05) is 0 Å². The van der Waals surface area contributed by atoms with Crippen LogP contribution in [0.25, 0.3) is 0 Å². The number of amides is 1. The third kappa shape index (κ3) is 5.24. The summed E-state index contributed by atoms with van der Waals surface area (Å²) in [4.78, 5) is 14.5. The minimum atomic E-state index is 0.121. The maximum Gasteiger partial charge on any atom is 0.224 e. The first-order valence-corrected chi connectivity index (χ1v) is 8.87. The number of anilines is 2. The van der Waals surface area contributed by atoms with E-state index in [1.165, 1.54) is 5.69 Å². The van der Waals surface area contributed by atoms with Crippen molar-refractivity contribution in [1.29, 1.82) is 0 Å². The summed E-state index contributed by atoms with van der Waals surface area (Å²) in [5, 5.41) is 3.06. The van der Waals surface area contributed by atoms with Crippen molar-refractivity contribution in [2.24, 2.45) is 5.92 Å². The Labute approximate surface area is 140 Å². The smallest absolute Gasteiger partial charge is 0.224 e. The predicted molar refractivity (Wildman–Crippen MR) is 96.1 cm³/mol. The Balaban J connectivity index is 1.87. The molecule has 0 bridgehead atoms. The highest BCUT2D eigenvalue weighted by Crippen LogP contribution is 2.24. The molecule has 128 valence electrons. The molecule has 2 rings (SSSR count). The van der Waals surface area contributed by atoms with Gasteiger partial charge >= 0.3 is 0 Å². The molecule has 1 fully saturated rings. The molecule has 1 aromatic carbocycles. The second-order valence-electron chi connectivity index (χ2n) is 6.31. The lowest BCUT2D eigenvalue weighted by Gasteiger charge is -2.23. The van der Waals surface area contributed by atoms with Crippen molar-refractivity contribution >= 4 is 17.3 Å². The molecule has 0 spiro atoms. The quantitative estimate of drug-likeness (QED) is 0.826. The van der Waals surface area contributed by atoms with Crippen molar-refractivity contribution in [3.8, 4) is 0 Å². The summed E-state index contributed by atoms with van der Waals surface area (Å²) < 4.78 is 5.36. The van der Waals surface area contributed by atoms with Crippen LogP contribution in [0.15, 0.2) is 18.2 Å². The summed E-state index contributed by atoms with van der Waals surface area (Å²) in [5.74, 6) is 0.760. The van der Waals surface area contributed by atoms with E-state index < -0.39 is 0 Å². The summed E-state index contributed by atoms with van der Waals surface area (Å²) in [7, 11) is 0. The maximum absolute atomic E-state index is 12.2. The number of ether oxygens (including phenoxy) is 1. The van der Waals surface area contributed by atoms with Crippen molar-refractivity contribution in [3.63, 3.8) is 0 Å². The molecule has 0 unspecified atom stereocenters. The van der Waals surface area contributed by atoms with Gasteiger partial charge in [0.2, 0.25) is 5.91 Å². The van der Waals surface area contributed by atoms with Crippen LogP contribution in [0.1, 0.15) is 45.1 Å². The van der Waals surface area contributed by atoms with Crippen LogP contribution in [-0.4, -0.2) is 32.2 Å². The van der Waals surface area contributed by atoms with E-state index in [9.17, 15) is 4.79 Å². The first-order valence-electron chi connectivity index (χ1n) is 8.87. The van der Waals surface area contributed by atoms with Gasteiger partial charge in [-0.15, -0.1) is 0 Å². The Morgan fingerprint density at radius 3 is 2.57 bits per heavy atom. The lowest BCUT2D eigenvalue weighted by molar-refractivity contribution is -0.116. The molecule has 1 heterocycles. The third-order valence-electron chi connectivity index (χ3n) is 4.73. The minimum Gasteiger partial charge on any atom is -0.381 e. The van der Waals surface area contributed by atoms with Crippen LogP contribution < -0.4 is 10.2 Å². The van der Waals surface area contributed by atoms with E-state index in [2.05, 4.69) is 43.1 Å². The minimum absolute atomic E-state index is 0.121. The summed E-state index contributed by atoms with van der Waals surface area (Å²) in [5.41, 5.74) is 3.26. The van der Waals surface area contributed by atoms with Gasteiger partial charge in [-0.05, 0) is 69.7 Å². The first-order chi connectivity index (χ1) is 11.1. The highest BCUT2D eigenvalue weighted by Gasteiger charge is 2.15. The zero-order valence-corrected chi connectivity index (χ0v) is 14.7. The highest BCUT2D eigenvalue weighted by atomic mass is 16.5. The largest absolute Gasteiger partial charge is 0.381 e. The monoisotopic (exact) mass is 318 g/mol. The standard InChI is InChI=1S/C19H30N2O2/c1-4-21(5-2)17-7-8-18(15(3)14-17)20-19(22)9-6-16-10-12-23-13-11-16/h7-8,14,16H,4-6,9-13H2,1-3H3,(H,20,22). The molecule has 0 aromatic heterocycles. The van der Waals surface area contributed by atoms with Crippen LogP contribution >= 0.6 is 0 Å². The molecule has 1 amide bonds. The number of carbonyl (C=O) groups is 1. The highest BCUT2D eigenvalue weighted by molar-refractivity contribution is 5.91. The first kappa shape index (κ1) is 17.8.